The molecule has 2 unspecified atom stereocenters. The molecule has 3 nitrogen and oxygen atoms in total. The SMILES string of the molecule is Cc1ccc(SC2(C(=O)N3CCC(C(C)O)C3)CCCC2)cc1. The number of carbonyl (C=O) groups excluding carboxylic acids is 1. The van der Waals surface area contributed by atoms with E-state index in [2.05, 4.69) is 31.2 Å². The van der Waals surface area contributed by atoms with Gasteiger partial charge in [0.05, 0.1) is 10.9 Å². The zero-order valence-electron chi connectivity index (χ0n) is 14.1. The van der Waals surface area contributed by atoms with Crippen molar-refractivity contribution in [2.24, 2.45) is 5.92 Å². The summed E-state index contributed by atoms with van der Waals surface area (Å²) in [6, 6.07) is 8.51. The largest absolute Gasteiger partial charge is 0.393 e. The van der Waals surface area contributed by atoms with E-state index in [9.17, 15) is 9.90 Å². The Balaban J connectivity index is 1.75. The maximum atomic E-state index is 13.2. The highest BCUT2D eigenvalue weighted by Gasteiger charge is 2.46. The molecule has 1 aromatic carbocycles. The number of thioether (sulfide) groups is 1. The van der Waals surface area contributed by atoms with Crippen molar-refractivity contribution in [2.45, 2.75) is 61.7 Å². The van der Waals surface area contributed by atoms with Gasteiger partial charge in [0.1, 0.15) is 0 Å². The van der Waals surface area contributed by atoms with Gasteiger partial charge >= 0.3 is 0 Å². The van der Waals surface area contributed by atoms with E-state index in [1.807, 2.05) is 11.8 Å². The van der Waals surface area contributed by atoms with E-state index in [1.165, 1.54) is 10.5 Å². The number of aliphatic hydroxyl groups excluding tert-OH is 1. The molecule has 1 saturated carbocycles. The van der Waals surface area contributed by atoms with Crippen molar-refractivity contribution in [1.29, 1.82) is 0 Å². The molecule has 1 aliphatic carbocycles. The molecule has 2 atom stereocenters. The van der Waals surface area contributed by atoms with Gasteiger partial charge in [-0.05, 0) is 45.2 Å². The Hall–Kier alpha value is -1.00. The molecule has 1 heterocycles. The van der Waals surface area contributed by atoms with E-state index in [4.69, 9.17) is 0 Å². The van der Waals surface area contributed by atoms with Crippen LogP contribution in [0.4, 0.5) is 0 Å². The standard InChI is InChI=1S/C19H27NO2S/c1-14-5-7-17(8-6-14)23-19(10-3-4-11-19)18(22)20-12-9-16(13-20)15(2)21/h5-8,15-16,21H,3-4,9-13H2,1-2H3. The highest BCUT2D eigenvalue weighted by atomic mass is 32.2. The summed E-state index contributed by atoms with van der Waals surface area (Å²) in [5.74, 6) is 0.533. The summed E-state index contributed by atoms with van der Waals surface area (Å²) in [6.45, 7) is 5.44. The summed E-state index contributed by atoms with van der Waals surface area (Å²) in [6.07, 6.45) is 4.82. The van der Waals surface area contributed by atoms with Crippen LogP contribution in [0.2, 0.25) is 0 Å². The second-order valence-electron chi connectivity index (χ2n) is 7.16. The van der Waals surface area contributed by atoms with Crippen molar-refractivity contribution in [2.75, 3.05) is 13.1 Å². The van der Waals surface area contributed by atoms with Crippen LogP contribution in [0.5, 0.6) is 0 Å². The Labute approximate surface area is 143 Å². The maximum Gasteiger partial charge on any atom is 0.239 e. The molecule has 1 amide bonds. The minimum absolute atomic E-state index is 0.238. The minimum atomic E-state index is -0.322. The molecular weight excluding hydrogens is 306 g/mol. The number of aryl methyl sites for hydroxylation is 1. The van der Waals surface area contributed by atoms with E-state index >= 15 is 0 Å². The fourth-order valence-corrected chi connectivity index (χ4v) is 5.22. The van der Waals surface area contributed by atoms with Crippen molar-refractivity contribution >= 4 is 17.7 Å². The van der Waals surface area contributed by atoms with Crippen LogP contribution in [0.1, 0.15) is 44.6 Å². The van der Waals surface area contributed by atoms with E-state index in [0.717, 1.165) is 38.6 Å². The summed E-state index contributed by atoms with van der Waals surface area (Å²) >= 11 is 1.76. The van der Waals surface area contributed by atoms with Crippen molar-refractivity contribution in [3.63, 3.8) is 0 Å². The predicted molar refractivity (Wildman–Crippen MR) is 94.6 cm³/mol. The predicted octanol–water partition coefficient (Wildman–Crippen LogP) is 3.63. The number of carbonyl (C=O) groups is 1. The molecule has 0 aromatic heterocycles. The van der Waals surface area contributed by atoms with Gasteiger partial charge in [0.2, 0.25) is 5.91 Å². The molecule has 0 radical (unpaired) electrons. The molecule has 0 spiro atoms. The first kappa shape index (κ1) is 16.8. The lowest BCUT2D eigenvalue weighted by atomic mass is 10.0. The number of aliphatic hydroxyl groups is 1. The Morgan fingerprint density at radius 1 is 1.30 bits per heavy atom. The van der Waals surface area contributed by atoms with Crippen molar-refractivity contribution in [3.05, 3.63) is 29.8 Å². The number of hydrogen-bond donors (Lipinski definition) is 1. The number of nitrogens with zero attached hydrogens (tertiary/aromatic N) is 1. The molecule has 2 aliphatic rings. The van der Waals surface area contributed by atoms with Crippen LogP contribution in [0.15, 0.2) is 29.2 Å². The van der Waals surface area contributed by atoms with Crippen LogP contribution in [0, 0.1) is 12.8 Å². The summed E-state index contributed by atoms with van der Waals surface area (Å²) in [7, 11) is 0. The highest BCUT2D eigenvalue weighted by molar-refractivity contribution is 8.01. The Kier molecular flexibility index (Phi) is 5.02. The van der Waals surface area contributed by atoms with E-state index < -0.39 is 0 Å². The Morgan fingerprint density at radius 3 is 2.52 bits per heavy atom. The zero-order chi connectivity index (χ0) is 16.4. The zero-order valence-corrected chi connectivity index (χ0v) is 14.9. The smallest absolute Gasteiger partial charge is 0.239 e. The molecule has 1 N–H and O–H groups in total. The average molecular weight is 333 g/mol. The fourth-order valence-electron chi connectivity index (χ4n) is 3.79. The van der Waals surface area contributed by atoms with Crippen LogP contribution in [0.3, 0.4) is 0 Å². The monoisotopic (exact) mass is 333 g/mol. The molecular formula is C19H27NO2S. The van der Waals surface area contributed by atoms with Gasteiger partial charge in [-0.1, -0.05) is 30.5 Å². The molecule has 126 valence electrons. The first-order chi connectivity index (χ1) is 11.0. The van der Waals surface area contributed by atoms with Gasteiger partial charge in [0, 0.05) is 23.9 Å². The second-order valence-corrected chi connectivity index (χ2v) is 8.61. The summed E-state index contributed by atoms with van der Waals surface area (Å²) in [5, 5.41) is 9.80. The summed E-state index contributed by atoms with van der Waals surface area (Å²) < 4.78 is -0.289. The summed E-state index contributed by atoms with van der Waals surface area (Å²) in [4.78, 5) is 16.4. The Morgan fingerprint density at radius 2 is 1.96 bits per heavy atom. The lowest BCUT2D eigenvalue weighted by Gasteiger charge is -2.32. The quantitative estimate of drug-likeness (QED) is 0.915. The Bertz CT molecular complexity index is 549. The first-order valence-electron chi connectivity index (χ1n) is 8.73. The van der Waals surface area contributed by atoms with Gasteiger partial charge in [-0.15, -0.1) is 11.8 Å². The molecule has 1 aromatic rings. The topological polar surface area (TPSA) is 40.5 Å². The number of likely N-dealkylation sites (tertiary alicyclic amines) is 1. The third-order valence-electron chi connectivity index (χ3n) is 5.33. The van der Waals surface area contributed by atoms with Crippen LogP contribution in [-0.2, 0) is 4.79 Å². The highest BCUT2D eigenvalue weighted by Crippen LogP contribution is 2.47. The molecule has 3 rings (SSSR count). The van der Waals surface area contributed by atoms with Gasteiger partial charge in [0.25, 0.3) is 0 Å². The van der Waals surface area contributed by atoms with Gasteiger partial charge in [-0.2, -0.15) is 0 Å². The van der Waals surface area contributed by atoms with Gasteiger partial charge < -0.3 is 10.0 Å². The summed E-state index contributed by atoms with van der Waals surface area (Å²) in [5.41, 5.74) is 1.25. The first-order valence-corrected chi connectivity index (χ1v) is 9.55. The maximum absolute atomic E-state index is 13.2. The van der Waals surface area contributed by atoms with Crippen LogP contribution in [0.25, 0.3) is 0 Å². The third kappa shape index (κ3) is 3.58. The third-order valence-corrected chi connectivity index (χ3v) is 6.81. The lowest BCUT2D eigenvalue weighted by molar-refractivity contribution is -0.132. The number of benzene rings is 1. The molecule has 4 heteroatoms. The fraction of sp³-hybridized carbons (Fsp3) is 0.632. The molecule has 1 saturated heterocycles. The van der Waals surface area contributed by atoms with Crippen LogP contribution in [-0.4, -0.2) is 39.9 Å². The molecule has 0 bridgehead atoms. The van der Waals surface area contributed by atoms with E-state index in [-0.39, 0.29) is 16.8 Å². The van der Waals surface area contributed by atoms with Crippen molar-refractivity contribution in [3.8, 4) is 0 Å². The van der Waals surface area contributed by atoms with Crippen LogP contribution < -0.4 is 0 Å². The van der Waals surface area contributed by atoms with Gasteiger partial charge in [-0.25, -0.2) is 0 Å². The number of hydrogen-bond acceptors (Lipinski definition) is 3. The van der Waals surface area contributed by atoms with Crippen LogP contribution >= 0.6 is 11.8 Å². The van der Waals surface area contributed by atoms with E-state index in [1.54, 1.807) is 11.8 Å². The average Bonchev–Trinajstić information content (AvgIpc) is 3.19. The van der Waals surface area contributed by atoms with Crippen molar-refractivity contribution in [1.82, 2.24) is 4.90 Å². The normalized spacial score (nSPS) is 24.8. The molecule has 1 aliphatic heterocycles. The van der Waals surface area contributed by atoms with Gasteiger partial charge in [0.15, 0.2) is 0 Å². The number of rotatable bonds is 4. The minimum Gasteiger partial charge on any atom is -0.393 e. The molecule has 23 heavy (non-hydrogen) atoms. The lowest BCUT2D eigenvalue weighted by Crippen LogP contribution is -2.44. The second kappa shape index (κ2) is 6.86. The molecule has 2 fully saturated rings. The van der Waals surface area contributed by atoms with E-state index in [0.29, 0.717) is 12.5 Å². The number of amides is 1. The van der Waals surface area contributed by atoms with Crippen molar-refractivity contribution < 1.29 is 9.90 Å². The van der Waals surface area contributed by atoms with Gasteiger partial charge in [-0.3, -0.25) is 4.79 Å².